The minimum atomic E-state index is -2.76. The van der Waals surface area contributed by atoms with Gasteiger partial charge in [-0.25, -0.2) is 0 Å². The predicted molar refractivity (Wildman–Crippen MR) is 122 cm³/mol. The van der Waals surface area contributed by atoms with Crippen molar-refractivity contribution in [1.29, 1.82) is 0 Å². The van der Waals surface area contributed by atoms with Gasteiger partial charge in [0.25, 0.3) is 0 Å². The topological polar surface area (TPSA) is 47.9 Å². The van der Waals surface area contributed by atoms with Crippen LogP contribution in [0.2, 0.25) is 13.3 Å². The molecule has 1 N–H and O–H groups in total. The number of hydrogen-bond acceptors (Lipinski definition) is 4. The van der Waals surface area contributed by atoms with E-state index in [0.29, 0.717) is 0 Å². The molecule has 0 radical (unpaired) electrons. The Morgan fingerprint density at radius 1 is 0.857 bits per heavy atom. The van der Waals surface area contributed by atoms with Crippen LogP contribution in [0, 0.1) is 0 Å². The summed E-state index contributed by atoms with van der Waals surface area (Å²) in [5.41, 5.74) is -0.676. The van der Waals surface area contributed by atoms with E-state index in [2.05, 4.69) is 33.8 Å². The normalized spacial score (nSPS) is 14.9. The molecule has 0 aliphatic heterocycles. The van der Waals surface area contributed by atoms with Gasteiger partial charge in [-0.1, -0.05) is 0 Å². The summed E-state index contributed by atoms with van der Waals surface area (Å²) in [5.74, 6) is 0. The third-order valence-corrected chi connectivity index (χ3v) is 20.8. The van der Waals surface area contributed by atoms with E-state index in [9.17, 15) is 5.26 Å². The molecule has 0 fully saturated rings. The SMILES string of the molecule is CCCCCC(C)(/C=[C](/OCOC)[Sn]([CH2]CCC)([CH2]CCC)[CH2]CCC)OO. The molecule has 0 bridgehead atoms. The fourth-order valence-corrected chi connectivity index (χ4v) is 19.8. The maximum atomic E-state index is 9.74. The summed E-state index contributed by atoms with van der Waals surface area (Å²) in [6, 6.07) is 0. The molecule has 4 nitrogen and oxygen atoms in total. The van der Waals surface area contributed by atoms with Crippen molar-refractivity contribution in [2.45, 2.75) is 118 Å². The monoisotopic (exact) mass is 508 g/mol. The molecule has 0 amide bonds. The maximum absolute atomic E-state index is 9.74. The molecule has 168 valence electrons. The van der Waals surface area contributed by atoms with E-state index in [1.807, 2.05) is 6.92 Å². The third-order valence-electron chi connectivity index (χ3n) is 5.80. The summed E-state index contributed by atoms with van der Waals surface area (Å²) >= 11 is -2.76. The van der Waals surface area contributed by atoms with Gasteiger partial charge in [0, 0.05) is 0 Å². The number of rotatable bonds is 19. The van der Waals surface area contributed by atoms with Crippen LogP contribution < -0.4 is 0 Å². The van der Waals surface area contributed by atoms with E-state index in [0.717, 1.165) is 25.7 Å². The fourth-order valence-electron chi connectivity index (χ4n) is 3.91. The van der Waals surface area contributed by atoms with Crippen molar-refractivity contribution in [2.24, 2.45) is 0 Å². The molecule has 0 aliphatic rings. The average molecular weight is 507 g/mol. The van der Waals surface area contributed by atoms with Crippen molar-refractivity contribution >= 4 is 18.4 Å². The first-order chi connectivity index (χ1) is 13.5. The number of unbranched alkanes of at least 4 members (excludes halogenated alkanes) is 5. The Bertz CT molecular complexity index is 378. The molecule has 1 atom stereocenters. The Labute approximate surface area is 179 Å². The molecule has 0 aromatic heterocycles. The zero-order chi connectivity index (χ0) is 21.3. The quantitative estimate of drug-likeness (QED) is 0.0486. The summed E-state index contributed by atoms with van der Waals surface area (Å²) in [6.45, 7) is 11.3. The van der Waals surface area contributed by atoms with Gasteiger partial charge in [-0.15, -0.1) is 0 Å². The average Bonchev–Trinajstić information content (AvgIpc) is 2.71. The first-order valence-corrected chi connectivity index (χ1v) is 19.1. The van der Waals surface area contributed by atoms with Gasteiger partial charge in [0.15, 0.2) is 0 Å². The molecule has 5 heteroatoms. The molecular formula is C23H48O4Sn. The van der Waals surface area contributed by atoms with Crippen LogP contribution in [0.15, 0.2) is 9.85 Å². The second-order valence-electron chi connectivity index (χ2n) is 8.51. The van der Waals surface area contributed by atoms with Gasteiger partial charge < -0.3 is 0 Å². The molecular weight excluding hydrogens is 459 g/mol. The molecule has 1 unspecified atom stereocenters. The molecule has 0 aromatic rings. The number of methoxy groups -OCH3 is 1. The standard InChI is InChI=1S/C11H21O4.3C4H9.Sn/c1-4-5-6-7-11(2,15-12)8-9-14-10-13-3;3*1-3-4-2;/h8,12H,4-7,10H2,1-3H3;3*1,3-4H2,2H3;. The van der Waals surface area contributed by atoms with Crippen molar-refractivity contribution in [3.63, 3.8) is 0 Å². The Kier molecular flexibility index (Phi) is 17.1. The Morgan fingerprint density at radius 3 is 1.75 bits per heavy atom. The molecule has 0 aromatic carbocycles. The zero-order valence-electron chi connectivity index (χ0n) is 19.6. The van der Waals surface area contributed by atoms with E-state index in [1.54, 1.807) is 7.11 Å². The predicted octanol–water partition coefficient (Wildman–Crippen LogP) is 7.71. The van der Waals surface area contributed by atoms with Crippen molar-refractivity contribution in [3.8, 4) is 0 Å². The second kappa shape index (κ2) is 17.0. The molecule has 0 spiro atoms. The van der Waals surface area contributed by atoms with Gasteiger partial charge in [0.2, 0.25) is 0 Å². The summed E-state index contributed by atoms with van der Waals surface area (Å²) < 4.78 is 16.7. The Balaban J connectivity index is 5.97. The van der Waals surface area contributed by atoms with Gasteiger partial charge >= 0.3 is 179 Å². The summed E-state index contributed by atoms with van der Waals surface area (Å²) in [4.78, 5) is 5.04. The molecule has 0 heterocycles. The second-order valence-corrected chi connectivity index (χ2v) is 21.5. The van der Waals surface area contributed by atoms with Gasteiger partial charge in [0.1, 0.15) is 0 Å². The summed E-state index contributed by atoms with van der Waals surface area (Å²) in [6.07, 6.45) is 13.8. The molecule has 0 rings (SSSR count). The molecule has 28 heavy (non-hydrogen) atoms. The van der Waals surface area contributed by atoms with Crippen LogP contribution in [-0.4, -0.2) is 43.1 Å². The first-order valence-electron chi connectivity index (χ1n) is 11.6. The number of hydrogen-bond donors (Lipinski definition) is 1. The molecule has 0 saturated heterocycles. The van der Waals surface area contributed by atoms with Gasteiger partial charge in [-0.05, 0) is 0 Å². The van der Waals surface area contributed by atoms with Crippen LogP contribution in [-0.2, 0) is 14.4 Å². The van der Waals surface area contributed by atoms with Gasteiger partial charge in [-0.3, -0.25) is 0 Å². The van der Waals surface area contributed by atoms with E-state index in [4.69, 9.17) is 14.4 Å². The van der Waals surface area contributed by atoms with Crippen LogP contribution in [0.5, 0.6) is 0 Å². The van der Waals surface area contributed by atoms with Crippen molar-refractivity contribution in [1.82, 2.24) is 0 Å². The van der Waals surface area contributed by atoms with Gasteiger partial charge in [0.05, 0.1) is 0 Å². The Hall–Kier alpha value is 0.219. The molecule has 0 saturated carbocycles. The van der Waals surface area contributed by atoms with Crippen LogP contribution in [0.25, 0.3) is 0 Å². The minimum absolute atomic E-state index is 0.283. The summed E-state index contributed by atoms with van der Waals surface area (Å²) in [5, 5.41) is 9.74. The van der Waals surface area contributed by atoms with E-state index < -0.39 is 24.0 Å². The van der Waals surface area contributed by atoms with Crippen LogP contribution >= 0.6 is 0 Å². The summed E-state index contributed by atoms with van der Waals surface area (Å²) in [7, 11) is 1.68. The van der Waals surface area contributed by atoms with Gasteiger partial charge in [-0.2, -0.15) is 0 Å². The fraction of sp³-hybridized carbons (Fsp3) is 0.913. The first kappa shape index (κ1) is 28.2. The van der Waals surface area contributed by atoms with Crippen LogP contribution in [0.4, 0.5) is 0 Å². The van der Waals surface area contributed by atoms with E-state index in [1.165, 1.54) is 55.6 Å². The van der Waals surface area contributed by atoms with Crippen LogP contribution in [0.1, 0.15) is 98.8 Å². The third kappa shape index (κ3) is 10.8. The number of ether oxygens (including phenoxy) is 2. The van der Waals surface area contributed by atoms with Crippen molar-refractivity contribution in [3.05, 3.63) is 9.85 Å². The van der Waals surface area contributed by atoms with E-state index >= 15 is 0 Å². The van der Waals surface area contributed by atoms with E-state index in [-0.39, 0.29) is 6.79 Å². The Morgan fingerprint density at radius 2 is 1.36 bits per heavy atom. The zero-order valence-corrected chi connectivity index (χ0v) is 22.5. The van der Waals surface area contributed by atoms with Crippen LogP contribution in [0.3, 0.4) is 0 Å². The van der Waals surface area contributed by atoms with Crippen molar-refractivity contribution < 1.29 is 19.6 Å². The van der Waals surface area contributed by atoms with Crippen molar-refractivity contribution in [2.75, 3.05) is 13.9 Å². The molecule has 0 aliphatic carbocycles.